The Morgan fingerprint density at radius 2 is 2.11 bits per heavy atom. The highest BCUT2D eigenvalue weighted by Gasteiger charge is 2.27. The maximum atomic E-state index is 12.7. The average molecular weight is 381 g/mol. The number of carbonyl (C=O) groups excluding carboxylic acids is 1. The molecule has 1 saturated heterocycles. The van der Waals surface area contributed by atoms with Crippen LogP contribution >= 0.6 is 11.3 Å². The molecule has 27 heavy (non-hydrogen) atoms. The van der Waals surface area contributed by atoms with E-state index in [9.17, 15) is 4.79 Å². The molecular weight excluding hydrogens is 356 g/mol. The SMILES string of the molecule is Cc1ccc(OCC(=O)N2CCC[C@H](c3nc4ccccc4s3)C2)c(C)c1. The van der Waals surface area contributed by atoms with Gasteiger partial charge in [0, 0.05) is 19.0 Å². The van der Waals surface area contributed by atoms with Gasteiger partial charge in [-0.3, -0.25) is 4.79 Å². The normalized spacial score (nSPS) is 17.3. The van der Waals surface area contributed by atoms with Crippen molar-refractivity contribution in [2.75, 3.05) is 19.7 Å². The van der Waals surface area contributed by atoms with Gasteiger partial charge in [0.1, 0.15) is 5.75 Å². The molecule has 1 amide bonds. The minimum absolute atomic E-state index is 0.0563. The predicted molar refractivity (Wildman–Crippen MR) is 110 cm³/mol. The van der Waals surface area contributed by atoms with Crippen molar-refractivity contribution in [3.8, 4) is 5.75 Å². The van der Waals surface area contributed by atoms with E-state index in [4.69, 9.17) is 9.72 Å². The second kappa shape index (κ2) is 7.69. The van der Waals surface area contributed by atoms with E-state index in [0.29, 0.717) is 5.92 Å². The van der Waals surface area contributed by atoms with Gasteiger partial charge in [-0.2, -0.15) is 0 Å². The van der Waals surface area contributed by atoms with E-state index in [1.165, 1.54) is 10.3 Å². The summed E-state index contributed by atoms with van der Waals surface area (Å²) >= 11 is 1.75. The Balaban J connectivity index is 1.40. The van der Waals surface area contributed by atoms with Crippen molar-refractivity contribution in [2.24, 2.45) is 0 Å². The first-order valence-corrected chi connectivity index (χ1v) is 10.2. The summed E-state index contributed by atoms with van der Waals surface area (Å²) in [6.07, 6.45) is 2.09. The first-order valence-electron chi connectivity index (χ1n) is 9.43. The molecule has 1 fully saturated rings. The zero-order valence-corrected chi connectivity index (χ0v) is 16.6. The van der Waals surface area contributed by atoms with Gasteiger partial charge in [0.05, 0.1) is 15.2 Å². The Morgan fingerprint density at radius 3 is 2.93 bits per heavy atom. The molecule has 2 aromatic carbocycles. The van der Waals surface area contributed by atoms with Crippen molar-refractivity contribution in [1.29, 1.82) is 0 Å². The zero-order valence-electron chi connectivity index (χ0n) is 15.8. The molecule has 0 bridgehead atoms. The number of fused-ring (bicyclic) bond motifs is 1. The van der Waals surface area contributed by atoms with E-state index < -0.39 is 0 Å². The van der Waals surface area contributed by atoms with Gasteiger partial charge in [0.25, 0.3) is 5.91 Å². The van der Waals surface area contributed by atoms with Crippen LogP contribution in [0, 0.1) is 13.8 Å². The van der Waals surface area contributed by atoms with Crippen molar-refractivity contribution < 1.29 is 9.53 Å². The second-order valence-corrected chi connectivity index (χ2v) is 8.32. The number of nitrogens with zero attached hydrogens (tertiary/aromatic N) is 2. The average Bonchev–Trinajstić information content (AvgIpc) is 3.11. The van der Waals surface area contributed by atoms with Crippen molar-refractivity contribution in [1.82, 2.24) is 9.88 Å². The number of carbonyl (C=O) groups is 1. The van der Waals surface area contributed by atoms with Crippen LogP contribution in [-0.2, 0) is 4.79 Å². The predicted octanol–water partition coefficient (Wildman–Crippen LogP) is 4.70. The van der Waals surface area contributed by atoms with Crippen LogP contribution in [-0.4, -0.2) is 35.5 Å². The third-order valence-corrected chi connectivity index (χ3v) is 6.31. The van der Waals surface area contributed by atoms with Crippen LogP contribution in [0.4, 0.5) is 0 Å². The number of hydrogen-bond donors (Lipinski definition) is 0. The molecular formula is C22H24N2O2S. The van der Waals surface area contributed by atoms with E-state index in [1.54, 1.807) is 11.3 Å². The Morgan fingerprint density at radius 1 is 1.26 bits per heavy atom. The van der Waals surface area contributed by atoms with Gasteiger partial charge >= 0.3 is 0 Å². The van der Waals surface area contributed by atoms with Gasteiger partial charge in [-0.1, -0.05) is 29.8 Å². The smallest absolute Gasteiger partial charge is 0.260 e. The standard InChI is InChI=1S/C22H24N2O2S/c1-15-9-10-19(16(2)12-15)26-14-21(25)24-11-5-6-17(13-24)22-23-18-7-3-4-8-20(18)27-22/h3-4,7-10,12,17H,5-6,11,13-14H2,1-2H3/t17-/m0/s1. The second-order valence-electron chi connectivity index (χ2n) is 7.26. The molecule has 0 saturated carbocycles. The highest BCUT2D eigenvalue weighted by molar-refractivity contribution is 7.18. The Kier molecular flexibility index (Phi) is 5.12. The molecule has 1 aromatic heterocycles. The fraction of sp³-hybridized carbons (Fsp3) is 0.364. The lowest BCUT2D eigenvalue weighted by molar-refractivity contribution is -0.134. The number of benzene rings is 2. The molecule has 0 aliphatic carbocycles. The van der Waals surface area contributed by atoms with Gasteiger partial charge in [0.15, 0.2) is 6.61 Å². The molecule has 3 aromatic rings. The molecule has 1 atom stereocenters. The molecule has 2 heterocycles. The molecule has 0 unspecified atom stereocenters. The minimum Gasteiger partial charge on any atom is -0.484 e. The van der Waals surface area contributed by atoms with Crippen LogP contribution in [0.1, 0.15) is 34.9 Å². The van der Waals surface area contributed by atoms with Gasteiger partial charge in [-0.05, 0) is 50.5 Å². The number of hydrogen-bond acceptors (Lipinski definition) is 4. The maximum Gasteiger partial charge on any atom is 0.260 e. The summed E-state index contributed by atoms with van der Waals surface area (Å²) in [6, 6.07) is 14.3. The molecule has 5 heteroatoms. The third-order valence-electron chi connectivity index (χ3n) is 5.12. The van der Waals surface area contributed by atoms with E-state index >= 15 is 0 Å². The van der Waals surface area contributed by atoms with E-state index in [0.717, 1.165) is 47.8 Å². The Bertz CT molecular complexity index is 933. The molecule has 140 valence electrons. The largest absolute Gasteiger partial charge is 0.484 e. The summed E-state index contributed by atoms with van der Waals surface area (Å²) in [5.41, 5.74) is 3.31. The first-order chi connectivity index (χ1) is 13.1. The van der Waals surface area contributed by atoms with Gasteiger partial charge < -0.3 is 9.64 Å². The molecule has 1 aliphatic heterocycles. The number of para-hydroxylation sites is 1. The molecule has 1 aliphatic rings. The van der Waals surface area contributed by atoms with Crippen molar-refractivity contribution >= 4 is 27.5 Å². The van der Waals surface area contributed by atoms with E-state index in [-0.39, 0.29) is 12.5 Å². The van der Waals surface area contributed by atoms with Gasteiger partial charge in [0.2, 0.25) is 0 Å². The topological polar surface area (TPSA) is 42.4 Å². The third kappa shape index (κ3) is 3.98. The summed E-state index contributed by atoms with van der Waals surface area (Å²) in [5, 5.41) is 1.14. The van der Waals surface area contributed by atoms with Crippen LogP contribution in [0.25, 0.3) is 10.2 Å². The van der Waals surface area contributed by atoms with Gasteiger partial charge in [-0.15, -0.1) is 11.3 Å². The number of aryl methyl sites for hydroxylation is 2. The van der Waals surface area contributed by atoms with Crippen LogP contribution < -0.4 is 4.74 Å². The number of likely N-dealkylation sites (tertiary alicyclic amines) is 1. The summed E-state index contributed by atoms with van der Waals surface area (Å²) < 4.78 is 7.01. The quantitative estimate of drug-likeness (QED) is 0.659. The van der Waals surface area contributed by atoms with E-state index in [2.05, 4.69) is 25.1 Å². The summed E-state index contributed by atoms with van der Waals surface area (Å²) in [7, 11) is 0. The fourth-order valence-corrected chi connectivity index (χ4v) is 4.76. The summed E-state index contributed by atoms with van der Waals surface area (Å²) in [5.74, 6) is 1.16. The van der Waals surface area contributed by atoms with Crippen LogP contribution in [0.15, 0.2) is 42.5 Å². The molecule has 4 nitrogen and oxygen atoms in total. The monoisotopic (exact) mass is 380 g/mol. The first kappa shape index (κ1) is 18.0. The van der Waals surface area contributed by atoms with Gasteiger partial charge in [-0.25, -0.2) is 4.98 Å². The lowest BCUT2D eigenvalue weighted by atomic mass is 9.99. The van der Waals surface area contributed by atoms with Crippen LogP contribution in [0.2, 0.25) is 0 Å². The lowest BCUT2D eigenvalue weighted by Crippen LogP contribution is -2.41. The fourth-order valence-electron chi connectivity index (χ4n) is 3.66. The number of rotatable bonds is 4. The van der Waals surface area contributed by atoms with Crippen molar-refractivity contribution in [3.05, 3.63) is 58.6 Å². The lowest BCUT2D eigenvalue weighted by Gasteiger charge is -2.31. The van der Waals surface area contributed by atoms with Crippen LogP contribution in [0.5, 0.6) is 5.75 Å². The summed E-state index contributed by atoms with van der Waals surface area (Å²) in [6.45, 7) is 5.69. The van der Waals surface area contributed by atoms with Crippen molar-refractivity contribution in [3.63, 3.8) is 0 Å². The Labute approximate surface area is 163 Å². The van der Waals surface area contributed by atoms with Crippen molar-refractivity contribution in [2.45, 2.75) is 32.6 Å². The number of aromatic nitrogens is 1. The number of piperidine rings is 1. The number of amides is 1. The number of thiazole rings is 1. The molecule has 0 spiro atoms. The highest BCUT2D eigenvalue weighted by Crippen LogP contribution is 2.33. The summed E-state index contributed by atoms with van der Waals surface area (Å²) in [4.78, 5) is 19.4. The van der Waals surface area contributed by atoms with E-state index in [1.807, 2.05) is 36.1 Å². The molecule has 4 rings (SSSR count). The number of ether oxygens (including phenoxy) is 1. The zero-order chi connectivity index (χ0) is 18.8. The Hall–Kier alpha value is -2.40. The highest BCUT2D eigenvalue weighted by atomic mass is 32.1. The minimum atomic E-state index is 0.0563. The van der Waals surface area contributed by atoms with Crippen LogP contribution in [0.3, 0.4) is 0 Å². The molecule has 0 N–H and O–H groups in total. The maximum absolute atomic E-state index is 12.7. The molecule has 0 radical (unpaired) electrons.